The molecule has 2 unspecified atom stereocenters. The standard InChI is InChI=1S/C11H25NO/c1-6-13-8-11(5)10(4)7-12-9(2)3/h9-12H,6-8H2,1-5H3. The summed E-state index contributed by atoms with van der Waals surface area (Å²) < 4.78 is 5.40. The third kappa shape index (κ3) is 7.03. The monoisotopic (exact) mass is 187 g/mol. The van der Waals surface area contributed by atoms with Gasteiger partial charge < -0.3 is 10.1 Å². The zero-order valence-corrected chi connectivity index (χ0v) is 9.76. The summed E-state index contributed by atoms with van der Waals surface area (Å²) >= 11 is 0. The van der Waals surface area contributed by atoms with Crippen LogP contribution in [-0.2, 0) is 4.74 Å². The molecule has 0 aromatic rings. The highest BCUT2D eigenvalue weighted by atomic mass is 16.5. The first-order valence-corrected chi connectivity index (χ1v) is 5.39. The third-order valence-corrected chi connectivity index (χ3v) is 2.40. The van der Waals surface area contributed by atoms with Crippen molar-refractivity contribution >= 4 is 0 Å². The van der Waals surface area contributed by atoms with E-state index in [9.17, 15) is 0 Å². The van der Waals surface area contributed by atoms with Crippen molar-refractivity contribution < 1.29 is 4.74 Å². The molecule has 13 heavy (non-hydrogen) atoms. The maximum Gasteiger partial charge on any atom is 0.0494 e. The van der Waals surface area contributed by atoms with E-state index in [1.54, 1.807) is 0 Å². The number of rotatable bonds is 7. The molecule has 0 aliphatic heterocycles. The molecule has 0 rings (SSSR count). The molecular formula is C11H25NO. The summed E-state index contributed by atoms with van der Waals surface area (Å²) in [4.78, 5) is 0. The molecule has 2 atom stereocenters. The summed E-state index contributed by atoms with van der Waals surface area (Å²) in [6.07, 6.45) is 0. The quantitative estimate of drug-likeness (QED) is 0.660. The van der Waals surface area contributed by atoms with Gasteiger partial charge >= 0.3 is 0 Å². The molecule has 80 valence electrons. The smallest absolute Gasteiger partial charge is 0.0494 e. The van der Waals surface area contributed by atoms with Gasteiger partial charge in [0.25, 0.3) is 0 Å². The van der Waals surface area contributed by atoms with Crippen molar-refractivity contribution in [1.29, 1.82) is 0 Å². The summed E-state index contributed by atoms with van der Waals surface area (Å²) in [6.45, 7) is 13.7. The van der Waals surface area contributed by atoms with E-state index in [4.69, 9.17) is 4.74 Å². The van der Waals surface area contributed by atoms with Gasteiger partial charge in [-0.15, -0.1) is 0 Å². The maximum atomic E-state index is 5.40. The number of hydrogen-bond donors (Lipinski definition) is 1. The van der Waals surface area contributed by atoms with Gasteiger partial charge in [0.1, 0.15) is 0 Å². The maximum absolute atomic E-state index is 5.40. The summed E-state index contributed by atoms with van der Waals surface area (Å²) in [5.74, 6) is 1.33. The van der Waals surface area contributed by atoms with E-state index in [1.807, 2.05) is 6.92 Å². The van der Waals surface area contributed by atoms with E-state index in [0.29, 0.717) is 17.9 Å². The van der Waals surface area contributed by atoms with Crippen molar-refractivity contribution in [2.24, 2.45) is 11.8 Å². The first kappa shape index (κ1) is 12.9. The van der Waals surface area contributed by atoms with Gasteiger partial charge in [0.05, 0.1) is 0 Å². The van der Waals surface area contributed by atoms with E-state index >= 15 is 0 Å². The molecule has 0 fully saturated rings. The fraction of sp³-hybridized carbons (Fsp3) is 1.00. The Bertz CT molecular complexity index is 115. The second-order valence-electron chi connectivity index (χ2n) is 4.18. The summed E-state index contributed by atoms with van der Waals surface area (Å²) in [5.41, 5.74) is 0. The fourth-order valence-electron chi connectivity index (χ4n) is 1.09. The second kappa shape index (κ2) is 7.34. The van der Waals surface area contributed by atoms with Crippen molar-refractivity contribution in [2.45, 2.75) is 40.7 Å². The Labute approximate surface area is 83.1 Å². The minimum atomic E-state index is 0.585. The Morgan fingerprint density at radius 1 is 1.08 bits per heavy atom. The van der Waals surface area contributed by atoms with Crippen molar-refractivity contribution in [3.8, 4) is 0 Å². The molecule has 0 saturated carbocycles. The van der Waals surface area contributed by atoms with Gasteiger partial charge in [-0.1, -0.05) is 27.7 Å². The molecule has 0 aromatic carbocycles. The van der Waals surface area contributed by atoms with E-state index in [2.05, 4.69) is 33.0 Å². The fourth-order valence-corrected chi connectivity index (χ4v) is 1.09. The first-order chi connectivity index (χ1) is 6.07. The molecule has 0 aliphatic rings. The molecular weight excluding hydrogens is 162 g/mol. The lowest BCUT2D eigenvalue weighted by Crippen LogP contribution is -2.31. The Kier molecular flexibility index (Phi) is 7.29. The van der Waals surface area contributed by atoms with Crippen LogP contribution in [0.2, 0.25) is 0 Å². The predicted molar refractivity (Wildman–Crippen MR) is 58.0 cm³/mol. The van der Waals surface area contributed by atoms with Crippen LogP contribution in [0, 0.1) is 11.8 Å². The Morgan fingerprint density at radius 3 is 2.15 bits per heavy atom. The minimum Gasteiger partial charge on any atom is -0.381 e. The zero-order valence-electron chi connectivity index (χ0n) is 9.76. The normalized spacial score (nSPS) is 16.2. The SMILES string of the molecule is CCOCC(C)C(C)CNC(C)C. The predicted octanol–water partition coefficient (Wildman–Crippen LogP) is 2.29. The molecule has 0 heterocycles. The molecule has 0 amide bonds. The lowest BCUT2D eigenvalue weighted by Gasteiger charge is -2.21. The van der Waals surface area contributed by atoms with Gasteiger partial charge in [-0.05, 0) is 25.3 Å². The van der Waals surface area contributed by atoms with Crippen molar-refractivity contribution in [3.05, 3.63) is 0 Å². The van der Waals surface area contributed by atoms with Gasteiger partial charge in [0, 0.05) is 19.3 Å². The minimum absolute atomic E-state index is 0.585. The van der Waals surface area contributed by atoms with Crippen LogP contribution >= 0.6 is 0 Å². The van der Waals surface area contributed by atoms with Crippen molar-refractivity contribution in [2.75, 3.05) is 19.8 Å². The Balaban J connectivity index is 3.50. The van der Waals surface area contributed by atoms with Crippen molar-refractivity contribution in [3.63, 3.8) is 0 Å². The zero-order chi connectivity index (χ0) is 10.3. The van der Waals surface area contributed by atoms with Crippen LogP contribution in [0.3, 0.4) is 0 Å². The lowest BCUT2D eigenvalue weighted by molar-refractivity contribution is 0.0959. The van der Waals surface area contributed by atoms with E-state index in [-0.39, 0.29) is 0 Å². The lowest BCUT2D eigenvalue weighted by atomic mass is 9.96. The molecule has 0 aromatic heterocycles. The first-order valence-electron chi connectivity index (χ1n) is 5.39. The Morgan fingerprint density at radius 2 is 1.69 bits per heavy atom. The van der Waals surface area contributed by atoms with Crippen LogP contribution in [0.15, 0.2) is 0 Å². The molecule has 0 radical (unpaired) electrons. The highest BCUT2D eigenvalue weighted by molar-refractivity contribution is 4.65. The summed E-state index contributed by atoms with van der Waals surface area (Å²) in [6, 6.07) is 0.585. The molecule has 0 bridgehead atoms. The van der Waals surface area contributed by atoms with E-state index < -0.39 is 0 Å². The highest BCUT2D eigenvalue weighted by Crippen LogP contribution is 2.10. The van der Waals surface area contributed by atoms with Crippen molar-refractivity contribution in [1.82, 2.24) is 5.32 Å². The van der Waals surface area contributed by atoms with Gasteiger partial charge in [-0.2, -0.15) is 0 Å². The highest BCUT2D eigenvalue weighted by Gasteiger charge is 2.11. The number of nitrogens with one attached hydrogen (secondary N) is 1. The van der Waals surface area contributed by atoms with Crippen LogP contribution < -0.4 is 5.32 Å². The number of ether oxygens (including phenoxy) is 1. The van der Waals surface area contributed by atoms with Gasteiger partial charge in [-0.3, -0.25) is 0 Å². The average molecular weight is 187 g/mol. The number of hydrogen-bond acceptors (Lipinski definition) is 2. The van der Waals surface area contributed by atoms with E-state index in [0.717, 1.165) is 19.8 Å². The molecule has 1 N–H and O–H groups in total. The molecule has 2 nitrogen and oxygen atoms in total. The van der Waals surface area contributed by atoms with E-state index in [1.165, 1.54) is 0 Å². The van der Waals surface area contributed by atoms with Crippen LogP contribution in [-0.4, -0.2) is 25.8 Å². The Hall–Kier alpha value is -0.0800. The van der Waals surface area contributed by atoms with Gasteiger partial charge in [0.15, 0.2) is 0 Å². The van der Waals surface area contributed by atoms with Gasteiger partial charge in [-0.25, -0.2) is 0 Å². The second-order valence-corrected chi connectivity index (χ2v) is 4.18. The molecule has 0 spiro atoms. The third-order valence-electron chi connectivity index (χ3n) is 2.40. The summed E-state index contributed by atoms with van der Waals surface area (Å²) in [7, 11) is 0. The van der Waals surface area contributed by atoms with Gasteiger partial charge in [0.2, 0.25) is 0 Å². The van der Waals surface area contributed by atoms with Crippen LogP contribution in [0.1, 0.15) is 34.6 Å². The largest absolute Gasteiger partial charge is 0.381 e. The van der Waals surface area contributed by atoms with Crippen LogP contribution in [0.5, 0.6) is 0 Å². The molecule has 2 heteroatoms. The van der Waals surface area contributed by atoms with Crippen LogP contribution in [0.25, 0.3) is 0 Å². The molecule has 0 aliphatic carbocycles. The topological polar surface area (TPSA) is 21.3 Å². The average Bonchev–Trinajstić information content (AvgIpc) is 2.10. The van der Waals surface area contributed by atoms with Crippen LogP contribution in [0.4, 0.5) is 0 Å². The molecule has 0 saturated heterocycles. The summed E-state index contributed by atoms with van der Waals surface area (Å²) in [5, 5.41) is 3.45.